The molecule has 2 aromatic carbocycles. The average Bonchev–Trinajstić information content (AvgIpc) is 2.85. The fourth-order valence-electron chi connectivity index (χ4n) is 4.01. The number of hydrogen-bond acceptors (Lipinski definition) is 8. The predicted octanol–water partition coefficient (Wildman–Crippen LogP) is 2.39. The summed E-state index contributed by atoms with van der Waals surface area (Å²) in [7, 11) is 2.72. The lowest BCUT2D eigenvalue weighted by atomic mass is 10.0. The van der Waals surface area contributed by atoms with Gasteiger partial charge in [-0.25, -0.2) is 18.2 Å². The number of methoxy groups -OCH3 is 2. The molecule has 1 aromatic heterocycles. The minimum absolute atomic E-state index is 0.00107. The van der Waals surface area contributed by atoms with Gasteiger partial charge in [0.05, 0.1) is 14.2 Å². The smallest absolute Gasteiger partial charge is 0.228 e. The summed E-state index contributed by atoms with van der Waals surface area (Å²) in [5.41, 5.74) is 12.5. The lowest BCUT2D eigenvalue weighted by Crippen LogP contribution is -2.49. The van der Waals surface area contributed by atoms with Crippen molar-refractivity contribution < 1.29 is 27.4 Å². The Morgan fingerprint density at radius 2 is 1.77 bits per heavy atom. The third kappa shape index (κ3) is 4.74. The Kier molecular flexibility index (Phi) is 6.83. The van der Waals surface area contributed by atoms with Gasteiger partial charge in [0, 0.05) is 44.0 Å². The van der Waals surface area contributed by atoms with Gasteiger partial charge in [-0.05, 0) is 23.8 Å². The lowest BCUT2D eigenvalue weighted by molar-refractivity contribution is -0.131. The van der Waals surface area contributed by atoms with Gasteiger partial charge in [-0.3, -0.25) is 4.79 Å². The molecule has 35 heavy (non-hydrogen) atoms. The van der Waals surface area contributed by atoms with E-state index < -0.39 is 23.5 Å². The van der Waals surface area contributed by atoms with Crippen LogP contribution in [0.3, 0.4) is 0 Å². The van der Waals surface area contributed by atoms with E-state index in [0.717, 1.165) is 12.1 Å². The average molecular weight is 490 g/mol. The highest BCUT2D eigenvalue weighted by Crippen LogP contribution is 2.37. The molecule has 0 radical (unpaired) electrons. The number of nitrogens with two attached hydrogens (primary N) is 2. The van der Waals surface area contributed by atoms with Crippen LogP contribution < -0.4 is 25.8 Å². The number of ether oxygens (including phenoxy) is 2. The minimum atomic E-state index is -1.01. The van der Waals surface area contributed by atoms with Crippen LogP contribution in [0.25, 0.3) is 10.9 Å². The molecular weight excluding hydrogens is 465 g/mol. The molecule has 1 saturated heterocycles. The Hall–Kier alpha value is -3.80. The van der Waals surface area contributed by atoms with E-state index in [1.807, 2.05) is 0 Å². The van der Waals surface area contributed by atoms with E-state index in [2.05, 4.69) is 9.97 Å². The van der Waals surface area contributed by atoms with E-state index in [0.29, 0.717) is 37.1 Å². The van der Waals surface area contributed by atoms with Crippen LogP contribution in [-0.4, -0.2) is 61.2 Å². The topological polar surface area (TPSA) is 120 Å². The summed E-state index contributed by atoms with van der Waals surface area (Å²) >= 11 is 0. The van der Waals surface area contributed by atoms with E-state index >= 15 is 4.39 Å². The van der Waals surface area contributed by atoms with Crippen LogP contribution in [0, 0.1) is 17.5 Å². The second-order valence-electron chi connectivity index (χ2n) is 8.08. The number of fused-ring (bicyclic) bond motifs is 1. The van der Waals surface area contributed by atoms with Crippen molar-refractivity contribution in [3.05, 3.63) is 47.3 Å². The highest BCUT2D eigenvalue weighted by atomic mass is 19.2. The molecule has 4 N–H and O–H groups in total. The number of benzene rings is 2. The molecular formula is C23H25F3N6O3. The molecule has 3 aromatic rings. The standard InChI is InChI=1S/C23H25F3N6O3/c1-34-17-10-13-20(19(26)21(17)35-2)29-23(30-22(13)28)32-7-5-31(6-8-32)18(33)11-16(27)12-3-4-14(24)15(25)9-12/h3-4,9-10,16H,5-8,11,27H2,1-2H3,(H2,28,29,30). The van der Waals surface area contributed by atoms with Crippen molar-refractivity contribution >= 4 is 28.6 Å². The van der Waals surface area contributed by atoms with Crippen LogP contribution in [0.1, 0.15) is 18.0 Å². The number of nitrogens with zero attached hydrogens (tertiary/aromatic N) is 4. The summed E-state index contributed by atoms with van der Waals surface area (Å²) in [6.07, 6.45) is -0.0582. The van der Waals surface area contributed by atoms with E-state index in [4.69, 9.17) is 20.9 Å². The van der Waals surface area contributed by atoms with Gasteiger partial charge < -0.3 is 30.7 Å². The maximum Gasteiger partial charge on any atom is 0.228 e. The monoisotopic (exact) mass is 490 g/mol. The number of carbonyl (C=O) groups excluding carboxylic acids is 1. The molecule has 0 saturated carbocycles. The molecule has 0 bridgehead atoms. The Morgan fingerprint density at radius 1 is 1.06 bits per heavy atom. The van der Waals surface area contributed by atoms with Crippen LogP contribution >= 0.6 is 0 Å². The van der Waals surface area contributed by atoms with Crippen LogP contribution in [0.2, 0.25) is 0 Å². The molecule has 9 nitrogen and oxygen atoms in total. The number of amides is 1. The van der Waals surface area contributed by atoms with Gasteiger partial charge in [0.15, 0.2) is 29.0 Å². The van der Waals surface area contributed by atoms with Gasteiger partial charge in [0.1, 0.15) is 11.3 Å². The van der Waals surface area contributed by atoms with E-state index in [-0.39, 0.29) is 41.1 Å². The molecule has 0 spiro atoms. The third-order valence-corrected chi connectivity index (χ3v) is 5.98. The van der Waals surface area contributed by atoms with Crippen LogP contribution in [0.5, 0.6) is 11.5 Å². The van der Waals surface area contributed by atoms with Crippen molar-refractivity contribution in [3.8, 4) is 11.5 Å². The summed E-state index contributed by atoms with van der Waals surface area (Å²) in [5, 5.41) is 0.295. The first kappa shape index (κ1) is 24.3. The third-order valence-electron chi connectivity index (χ3n) is 5.98. The number of anilines is 2. The van der Waals surface area contributed by atoms with Gasteiger partial charge in [-0.15, -0.1) is 0 Å². The largest absolute Gasteiger partial charge is 0.493 e. The molecule has 0 aliphatic carbocycles. The van der Waals surface area contributed by atoms with Crippen LogP contribution in [0.15, 0.2) is 24.3 Å². The molecule has 1 aliphatic rings. The highest BCUT2D eigenvalue weighted by Gasteiger charge is 2.26. The first-order chi connectivity index (χ1) is 16.7. The van der Waals surface area contributed by atoms with Gasteiger partial charge in [0.2, 0.25) is 11.9 Å². The highest BCUT2D eigenvalue weighted by molar-refractivity contribution is 5.92. The summed E-state index contributed by atoms with van der Waals surface area (Å²) in [5.74, 6) is -2.52. The Bertz CT molecular complexity index is 1270. The van der Waals surface area contributed by atoms with E-state index in [9.17, 15) is 13.6 Å². The Balaban J connectivity index is 1.46. The molecule has 12 heteroatoms. The van der Waals surface area contributed by atoms with Gasteiger partial charge in [-0.2, -0.15) is 4.98 Å². The zero-order valence-corrected chi connectivity index (χ0v) is 19.2. The van der Waals surface area contributed by atoms with Crippen molar-refractivity contribution in [1.29, 1.82) is 0 Å². The molecule has 4 rings (SSSR count). The van der Waals surface area contributed by atoms with Crippen molar-refractivity contribution in [2.45, 2.75) is 12.5 Å². The van der Waals surface area contributed by atoms with Crippen molar-refractivity contribution in [2.24, 2.45) is 5.73 Å². The van der Waals surface area contributed by atoms with Gasteiger partial charge in [0.25, 0.3) is 0 Å². The molecule has 2 heterocycles. The Labute approximate surface area is 199 Å². The number of carbonyl (C=O) groups is 1. The normalized spacial score (nSPS) is 14.8. The molecule has 186 valence electrons. The quantitative estimate of drug-likeness (QED) is 0.541. The summed E-state index contributed by atoms with van der Waals surface area (Å²) in [6, 6.07) is 4.09. The first-order valence-electron chi connectivity index (χ1n) is 10.8. The van der Waals surface area contributed by atoms with Crippen molar-refractivity contribution in [2.75, 3.05) is 51.0 Å². The van der Waals surface area contributed by atoms with E-state index in [1.165, 1.54) is 26.4 Å². The zero-order valence-electron chi connectivity index (χ0n) is 19.2. The first-order valence-corrected chi connectivity index (χ1v) is 10.8. The number of halogens is 3. The Morgan fingerprint density at radius 3 is 2.40 bits per heavy atom. The zero-order chi connectivity index (χ0) is 25.3. The predicted molar refractivity (Wildman–Crippen MR) is 124 cm³/mol. The second-order valence-corrected chi connectivity index (χ2v) is 8.08. The lowest BCUT2D eigenvalue weighted by Gasteiger charge is -2.35. The molecule has 1 fully saturated rings. The number of rotatable bonds is 6. The van der Waals surface area contributed by atoms with Crippen LogP contribution in [-0.2, 0) is 4.79 Å². The number of nitrogen functional groups attached to an aromatic ring is 1. The summed E-state index contributed by atoms with van der Waals surface area (Å²) in [6.45, 7) is 1.45. The maximum absolute atomic E-state index is 15.0. The van der Waals surface area contributed by atoms with Crippen molar-refractivity contribution in [3.63, 3.8) is 0 Å². The van der Waals surface area contributed by atoms with Gasteiger partial charge >= 0.3 is 0 Å². The molecule has 1 unspecified atom stereocenters. The molecule has 1 amide bonds. The fraction of sp³-hybridized carbons (Fsp3) is 0.348. The summed E-state index contributed by atoms with van der Waals surface area (Å²) < 4.78 is 51.9. The maximum atomic E-state index is 15.0. The van der Waals surface area contributed by atoms with E-state index in [1.54, 1.807) is 9.80 Å². The fourth-order valence-corrected chi connectivity index (χ4v) is 4.01. The van der Waals surface area contributed by atoms with Gasteiger partial charge in [-0.1, -0.05) is 6.07 Å². The number of hydrogen-bond donors (Lipinski definition) is 2. The number of aromatic nitrogens is 2. The number of piperazine rings is 1. The van der Waals surface area contributed by atoms with Crippen LogP contribution in [0.4, 0.5) is 24.9 Å². The summed E-state index contributed by atoms with van der Waals surface area (Å²) in [4.78, 5) is 24.8. The molecule has 1 atom stereocenters. The molecule has 1 aliphatic heterocycles. The van der Waals surface area contributed by atoms with Crippen molar-refractivity contribution in [1.82, 2.24) is 14.9 Å². The second kappa shape index (κ2) is 9.82. The minimum Gasteiger partial charge on any atom is -0.493 e. The SMILES string of the molecule is COc1cc2c(N)nc(N3CCN(C(=O)CC(N)c4ccc(F)c(F)c4)CC3)nc2c(F)c1OC.